The lowest BCUT2D eigenvalue weighted by molar-refractivity contribution is 0.831. The summed E-state index contributed by atoms with van der Waals surface area (Å²) in [6.45, 7) is 2.75. The summed E-state index contributed by atoms with van der Waals surface area (Å²) in [6, 6.07) is 12.2. The number of rotatable bonds is 4. The van der Waals surface area contributed by atoms with Crippen LogP contribution in [0.15, 0.2) is 48.8 Å². The number of pyridine rings is 1. The molecule has 3 aromatic rings. The first-order valence-electron chi connectivity index (χ1n) is 6.61. The van der Waals surface area contributed by atoms with Crippen molar-refractivity contribution < 1.29 is 0 Å². The fourth-order valence-electron chi connectivity index (χ4n) is 2.01. The number of aromatic nitrogens is 4. The molecular weight excluding hydrogens is 282 g/mol. The van der Waals surface area contributed by atoms with Crippen LogP contribution < -0.4 is 5.43 Å². The smallest absolute Gasteiger partial charge is 0.214 e. The maximum absolute atomic E-state index is 5.28. The summed E-state index contributed by atoms with van der Waals surface area (Å²) in [5, 5.41) is 7.08. The molecule has 0 radical (unpaired) electrons. The lowest BCUT2D eigenvalue weighted by Crippen LogP contribution is -2.15. The molecule has 106 valence electrons. The van der Waals surface area contributed by atoms with Crippen molar-refractivity contribution >= 4 is 12.2 Å². The van der Waals surface area contributed by atoms with Gasteiger partial charge in [0.2, 0.25) is 4.77 Å². The second-order valence-electron chi connectivity index (χ2n) is 4.74. The number of nitrogens with one attached hydrogen (secondary N) is 2. The van der Waals surface area contributed by atoms with E-state index in [0.717, 1.165) is 11.4 Å². The van der Waals surface area contributed by atoms with E-state index in [2.05, 4.69) is 51.8 Å². The minimum absolute atomic E-state index is 0.536. The molecule has 0 aliphatic rings. The first-order chi connectivity index (χ1) is 10.2. The lowest BCUT2D eigenvalue weighted by Gasteiger charge is -2.10. The Morgan fingerprint density at radius 2 is 1.86 bits per heavy atom. The summed E-state index contributed by atoms with van der Waals surface area (Å²) >= 11 is 5.28. The Hall–Kier alpha value is -2.47. The highest BCUT2D eigenvalue weighted by molar-refractivity contribution is 7.71. The van der Waals surface area contributed by atoms with Crippen LogP contribution in [0.3, 0.4) is 0 Å². The van der Waals surface area contributed by atoms with Gasteiger partial charge in [-0.25, -0.2) is 9.77 Å². The molecule has 6 heteroatoms. The Kier molecular flexibility index (Phi) is 3.79. The highest BCUT2D eigenvalue weighted by Crippen LogP contribution is 2.15. The molecule has 2 aromatic heterocycles. The largest absolute Gasteiger partial charge is 0.317 e. The molecule has 0 saturated carbocycles. The maximum Gasteiger partial charge on any atom is 0.214 e. The topological polar surface area (TPSA) is 58.5 Å². The third-order valence-corrected chi connectivity index (χ3v) is 3.45. The minimum atomic E-state index is 0.536. The van der Waals surface area contributed by atoms with Crippen LogP contribution in [0.4, 0.5) is 0 Å². The summed E-state index contributed by atoms with van der Waals surface area (Å²) < 4.78 is 2.32. The molecule has 0 amide bonds. The van der Waals surface area contributed by atoms with Gasteiger partial charge in [-0.2, -0.15) is 5.10 Å². The van der Waals surface area contributed by atoms with Crippen LogP contribution in [-0.2, 0) is 6.54 Å². The van der Waals surface area contributed by atoms with Gasteiger partial charge in [0.15, 0.2) is 5.82 Å². The first-order valence-corrected chi connectivity index (χ1v) is 7.02. The highest BCUT2D eigenvalue weighted by Gasteiger charge is 2.08. The minimum Gasteiger partial charge on any atom is -0.317 e. The molecule has 21 heavy (non-hydrogen) atoms. The van der Waals surface area contributed by atoms with Crippen molar-refractivity contribution in [2.24, 2.45) is 0 Å². The van der Waals surface area contributed by atoms with E-state index in [1.165, 1.54) is 11.1 Å². The summed E-state index contributed by atoms with van der Waals surface area (Å²) in [5.74, 6) is 0.745. The van der Waals surface area contributed by atoms with Gasteiger partial charge >= 0.3 is 0 Å². The molecule has 2 N–H and O–H groups in total. The zero-order valence-corrected chi connectivity index (χ0v) is 12.4. The summed E-state index contributed by atoms with van der Waals surface area (Å²) in [7, 11) is 0. The molecule has 3 rings (SSSR count). The fraction of sp³-hybridized carbons (Fsp3) is 0.133. The summed E-state index contributed by atoms with van der Waals surface area (Å²) in [4.78, 5) is 4.02. The number of hydrogen-bond acceptors (Lipinski definition) is 4. The van der Waals surface area contributed by atoms with Gasteiger partial charge in [-0.1, -0.05) is 29.8 Å². The van der Waals surface area contributed by atoms with E-state index in [4.69, 9.17) is 12.2 Å². The Morgan fingerprint density at radius 1 is 1.14 bits per heavy atom. The summed E-state index contributed by atoms with van der Waals surface area (Å²) in [6.07, 6.45) is 3.47. The SMILES string of the molecule is Cc1ccc(CNn2c(-c3ccncc3)n[nH]c2=S)cc1. The molecule has 0 saturated heterocycles. The molecule has 2 heterocycles. The van der Waals surface area contributed by atoms with Crippen molar-refractivity contribution in [3.63, 3.8) is 0 Å². The van der Waals surface area contributed by atoms with Crippen molar-refractivity contribution in [3.05, 3.63) is 64.7 Å². The van der Waals surface area contributed by atoms with Crippen LogP contribution in [0.2, 0.25) is 0 Å². The molecule has 5 nitrogen and oxygen atoms in total. The van der Waals surface area contributed by atoms with Crippen LogP contribution in [0.5, 0.6) is 0 Å². The molecular formula is C15H15N5S. The molecule has 0 fully saturated rings. The van der Waals surface area contributed by atoms with Gasteiger partial charge < -0.3 is 5.43 Å². The number of aryl methyl sites for hydroxylation is 1. The van der Waals surface area contributed by atoms with Gasteiger partial charge in [0, 0.05) is 18.0 Å². The average Bonchev–Trinajstić information content (AvgIpc) is 2.89. The van der Waals surface area contributed by atoms with E-state index in [1.807, 2.05) is 12.1 Å². The van der Waals surface area contributed by atoms with Gasteiger partial charge in [0.05, 0.1) is 6.54 Å². The third kappa shape index (κ3) is 3.00. The van der Waals surface area contributed by atoms with Crippen LogP contribution >= 0.6 is 12.2 Å². The zero-order chi connectivity index (χ0) is 14.7. The monoisotopic (exact) mass is 297 g/mol. The third-order valence-electron chi connectivity index (χ3n) is 3.17. The normalized spacial score (nSPS) is 10.5. The highest BCUT2D eigenvalue weighted by atomic mass is 32.1. The number of nitrogens with zero attached hydrogens (tertiary/aromatic N) is 3. The van der Waals surface area contributed by atoms with E-state index < -0.39 is 0 Å². The van der Waals surface area contributed by atoms with Crippen LogP contribution in [0.1, 0.15) is 11.1 Å². The van der Waals surface area contributed by atoms with E-state index >= 15 is 0 Å². The van der Waals surface area contributed by atoms with E-state index in [1.54, 1.807) is 17.1 Å². The fourth-order valence-corrected chi connectivity index (χ4v) is 2.21. The number of H-pyrrole nitrogens is 1. The van der Waals surface area contributed by atoms with Gasteiger partial charge in [-0.05, 0) is 36.8 Å². The molecule has 0 bridgehead atoms. The van der Waals surface area contributed by atoms with E-state index in [-0.39, 0.29) is 0 Å². The molecule has 0 unspecified atom stereocenters. The van der Waals surface area contributed by atoms with E-state index in [9.17, 15) is 0 Å². The predicted octanol–water partition coefficient (Wildman–Crippen LogP) is 3.05. The Balaban J connectivity index is 1.84. The summed E-state index contributed by atoms with van der Waals surface area (Å²) in [5.41, 5.74) is 6.68. The Labute approximate surface area is 127 Å². The van der Waals surface area contributed by atoms with Crippen molar-refractivity contribution in [2.75, 3.05) is 5.43 Å². The quantitative estimate of drug-likeness (QED) is 0.727. The standard InChI is InChI=1S/C15H15N5S/c1-11-2-4-12(5-3-11)10-17-20-14(18-19-15(20)21)13-6-8-16-9-7-13/h2-9,17H,10H2,1H3,(H,19,21). The van der Waals surface area contributed by atoms with Gasteiger partial charge in [0.1, 0.15) is 0 Å². The molecule has 1 aromatic carbocycles. The van der Waals surface area contributed by atoms with Gasteiger partial charge in [0.25, 0.3) is 0 Å². The lowest BCUT2D eigenvalue weighted by atomic mass is 10.1. The first kappa shape index (κ1) is 13.5. The van der Waals surface area contributed by atoms with Crippen molar-refractivity contribution in [2.45, 2.75) is 13.5 Å². The van der Waals surface area contributed by atoms with Crippen molar-refractivity contribution in [1.29, 1.82) is 0 Å². The van der Waals surface area contributed by atoms with Crippen LogP contribution in [0, 0.1) is 11.7 Å². The maximum atomic E-state index is 5.28. The molecule has 0 aliphatic heterocycles. The Morgan fingerprint density at radius 3 is 2.57 bits per heavy atom. The number of benzene rings is 1. The van der Waals surface area contributed by atoms with Crippen molar-refractivity contribution in [3.8, 4) is 11.4 Å². The second kappa shape index (κ2) is 5.88. The second-order valence-corrected chi connectivity index (χ2v) is 5.13. The van der Waals surface area contributed by atoms with Gasteiger partial charge in [-0.15, -0.1) is 0 Å². The molecule has 0 spiro atoms. The number of aromatic amines is 1. The van der Waals surface area contributed by atoms with Gasteiger partial charge in [-0.3, -0.25) is 4.98 Å². The van der Waals surface area contributed by atoms with Crippen LogP contribution in [0.25, 0.3) is 11.4 Å². The molecule has 0 aliphatic carbocycles. The van der Waals surface area contributed by atoms with Crippen LogP contribution in [-0.4, -0.2) is 19.9 Å². The predicted molar refractivity (Wildman–Crippen MR) is 84.9 cm³/mol. The zero-order valence-electron chi connectivity index (χ0n) is 11.6. The van der Waals surface area contributed by atoms with Crippen molar-refractivity contribution in [1.82, 2.24) is 19.9 Å². The molecule has 0 atom stereocenters. The average molecular weight is 297 g/mol. The number of hydrogen-bond donors (Lipinski definition) is 2. The Bertz CT molecular complexity index is 774. The van der Waals surface area contributed by atoms with E-state index in [0.29, 0.717) is 11.3 Å².